The van der Waals surface area contributed by atoms with E-state index in [-0.39, 0.29) is 0 Å². The molecule has 0 unspecified atom stereocenters. The van der Waals surface area contributed by atoms with Crippen LogP contribution < -0.4 is 10.6 Å². The van der Waals surface area contributed by atoms with Crippen LogP contribution in [-0.4, -0.2) is 19.6 Å². The Hall–Kier alpha value is -0.320. The first-order valence-electron chi connectivity index (χ1n) is 4.48. The molecule has 0 fully saturated rings. The van der Waals surface area contributed by atoms with Gasteiger partial charge in [-0.2, -0.15) is 0 Å². The van der Waals surface area contributed by atoms with Crippen LogP contribution >= 0.6 is 15.9 Å². The second-order valence-electron chi connectivity index (χ2n) is 2.74. The molecule has 3 nitrogen and oxygen atoms in total. The van der Waals surface area contributed by atoms with Crippen LogP contribution in [0.1, 0.15) is 12.7 Å². The number of rotatable bonds is 6. The van der Waals surface area contributed by atoms with Gasteiger partial charge in [0.25, 0.3) is 0 Å². The van der Waals surface area contributed by atoms with Gasteiger partial charge in [0, 0.05) is 13.1 Å². The average Bonchev–Trinajstić information content (AvgIpc) is 2.51. The number of furan rings is 1. The first-order chi connectivity index (χ1) is 6.33. The fourth-order valence-electron chi connectivity index (χ4n) is 1.01. The van der Waals surface area contributed by atoms with Gasteiger partial charge in [0.15, 0.2) is 4.67 Å². The zero-order valence-electron chi connectivity index (χ0n) is 7.77. The number of halogens is 1. The Labute approximate surface area is 87.0 Å². The third kappa shape index (κ3) is 4.45. The van der Waals surface area contributed by atoms with E-state index in [1.807, 2.05) is 12.1 Å². The molecule has 1 aromatic rings. The van der Waals surface area contributed by atoms with Crippen molar-refractivity contribution in [3.05, 3.63) is 22.6 Å². The summed E-state index contributed by atoms with van der Waals surface area (Å²) in [6.07, 6.45) is 0. The summed E-state index contributed by atoms with van der Waals surface area (Å²) >= 11 is 3.26. The van der Waals surface area contributed by atoms with Crippen molar-refractivity contribution in [2.45, 2.75) is 13.5 Å². The Morgan fingerprint density at radius 1 is 1.31 bits per heavy atom. The van der Waals surface area contributed by atoms with E-state index in [4.69, 9.17) is 4.42 Å². The topological polar surface area (TPSA) is 37.2 Å². The Kier molecular flexibility index (Phi) is 5.12. The zero-order valence-corrected chi connectivity index (χ0v) is 9.36. The fraction of sp³-hybridized carbons (Fsp3) is 0.556. The Balaban J connectivity index is 2.06. The molecule has 2 N–H and O–H groups in total. The van der Waals surface area contributed by atoms with Crippen LogP contribution in [0.3, 0.4) is 0 Å². The molecule has 0 aliphatic rings. The van der Waals surface area contributed by atoms with Crippen LogP contribution in [0.5, 0.6) is 0 Å². The number of likely N-dealkylation sites (N-methyl/N-ethyl adjacent to an activating group) is 1. The standard InChI is InChI=1S/C9H15BrN2O/c1-2-11-5-6-12-7-8-3-4-9(10)13-8/h3-4,11-12H,2,5-7H2,1H3. The van der Waals surface area contributed by atoms with Crippen LogP contribution in [0.25, 0.3) is 0 Å². The third-order valence-electron chi connectivity index (χ3n) is 1.66. The van der Waals surface area contributed by atoms with Crippen LogP contribution in [0.15, 0.2) is 21.2 Å². The van der Waals surface area contributed by atoms with Crippen molar-refractivity contribution in [2.24, 2.45) is 0 Å². The summed E-state index contributed by atoms with van der Waals surface area (Å²) in [5, 5.41) is 6.51. The van der Waals surface area contributed by atoms with Gasteiger partial charge in [0.2, 0.25) is 0 Å². The van der Waals surface area contributed by atoms with Crippen molar-refractivity contribution >= 4 is 15.9 Å². The van der Waals surface area contributed by atoms with E-state index in [0.29, 0.717) is 0 Å². The number of hydrogen-bond acceptors (Lipinski definition) is 3. The van der Waals surface area contributed by atoms with E-state index >= 15 is 0 Å². The molecule has 0 spiro atoms. The summed E-state index contributed by atoms with van der Waals surface area (Å²) in [6, 6.07) is 3.87. The predicted molar refractivity (Wildman–Crippen MR) is 56.7 cm³/mol. The van der Waals surface area contributed by atoms with E-state index in [1.54, 1.807) is 0 Å². The van der Waals surface area contributed by atoms with Gasteiger partial charge >= 0.3 is 0 Å². The minimum absolute atomic E-state index is 0.788. The monoisotopic (exact) mass is 246 g/mol. The predicted octanol–water partition coefficient (Wildman–Crippen LogP) is 1.74. The summed E-state index contributed by atoms with van der Waals surface area (Å²) in [7, 11) is 0. The van der Waals surface area contributed by atoms with Gasteiger partial charge in [-0.1, -0.05) is 6.92 Å². The minimum atomic E-state index is 0.788. The maximum atomic E-state index is 5.32. The highest BCUT2D eigenvalue weighted by molar-refractivity contribution is 9.10. The van der Waals surface area contributed by atoms with E-state index in [9.17, 15) is 0 Å². The summed E-state index contributed by atoms with van der Waals surface area (Å²) in [5.41, 5.74) is 0. The molecule has 13 heavy (non-hydrogen) atoms. The van der Waals surface area contributed by atoms with E-state index in [1.165, 1.54) is 0 Å². The fourth-order valence-corrected chi connectivity index (χ4v) is 1.35. The molecular weight excluding hydrogens is 232 g/mol. The molecule has 4 heteroatoms. The molecule has 0 bridgehead atoms. The van der Waals surface area contributed by atoms with Crippen molar-refractivity contribution in [1.82, 2.24) is 10.6 Å². The van der Waals surface area contributed by atoms with Crippen molar-refractivity contribution in [3.63, 3.8) is 0 Å². The van der Waals surface area contributed by atoms with Crippen LogP contribution in [0, 0.1) is 0 Å². The Morgan fingerprint density at radius 2 is 2.08 bits per heavy atom. The molecule has 74 valence electrons. The molecule has 1 heterocycles. The Morgan fingerprint density at radius 3 is 2.69 bits per heavy atom. The van der Waals surface area contributed by atoms with Crippen molar-refractivity contribution in [3.8, 4) is 0 Å². The summed E-state index contributed by atoms with van der Waals surface area (Å²) in [5.74, 6) is 0.961. The molecule has 0 radical (unpaired) electrons. The minimum Gasteiger partial charge on any atom is -0.453 e. The summed E-state index contributed by atoms with van der Waals surface area (Å²) in [4.78, 5) is 0. The maximum Gasteiger partial charge on any atom is 0.169 e. The molecule has 0 aliphatic carbocycles. The first kappa shape index (κ1) is 10.8. The quantitative estimate of drug-likeness (QED) is 0.752. The van der Waals surface area contributed by atoms with Gasteiger partial charge in [-0.15, -0.1) is 0 Å². The maximum absolute atomic E-state index is 5.32. The van der Waals surface area contributed by atoms with Gasteiger partial charge in [-0.3, -0.25) is 0 Å². The molecule has 0 saturated heterocycles. The second kappa shape index (κ2) is 6.18. The second-order valence-corrected chi connectivity index (χ2v) is 3.52. The van der Waals surface area contributed by atoms with E-state index < -0.39 is 0 Å². The van der Waals surface area contributed by atoms with Crippen LogP contribution in [0.2, 0.25) is 0 Å². The van der Waals surface area contributed by atoms with Gasteiger partial charge in [-0.25, -0.2) is 0 Å². The number of nitrogens with one attached hydrogen (secondary N) is 2. The lowest BCUT2D eigenvalue weighted by Gasteiger charge is -2.02. The van der Waals surface area contributed by atoms with Gasteiger partial charge in [0.1, 0.15) is 5.76 Å². The van der Waals surface area contributed by atoms with Gasteiger partial charge < -0.3 is 15.1 Å². The van der Waals surface area contributed by atoms with E-state index in [0.717, 1.165) is 36.6 Å². The third-order valence-corrected chi connectivity index (χ3v) is 2.08. The van der Waals surface area contributed by atoms with Gasteiger partial charge in [0.05, 0.1) is 6.54 Å². The lowest BCUT2D eigenvalue weighted by molar-refractivity contribution is 0.464. The molecule has 1 rings (SSSR count). The molecule has 0 amide bonds. The van der Waals surface area contributed by atoms with Crippen molar-refractivity contribution in [2.75, 3.05) is 19.6 Å². The zero-order chi connectivity index (χ0) is 9.52. The highest BCUT2D eigenvalue weighted by atomic mass is 79.9. The molecule has 1 aromatic heterocycles. The molecule has 0 atom stereocenters. The van der Waals surface area contributed by atoms with Crippen LogP contribution in [0.4, 0.5) is 0 Å². The molecular formula is C9H15BrN2O. The summed E-state index contributed by atoms with van der Waals surface area (Å²) in [6.45, 7) is 5.87. The highest BCUT2D eigenvalue weighted by Crippen LogP contribution is 2.13. The molecule has 0 aromatic carbocycles. The Bertz CT molecular complexity index is 237. The van der Waals surface area contributed by atoms with Crippen molar-refractivity contribution < 1.29 is 4.42 Å². The lowest BCUT2D eigenvalue weighted by Crippen LogP contribution is -2.26. The van der Waals surface area contributed by atoms with Crippen molar-refractivity contribution in [1.29, 1.82) is 0 Å². The van der Waals surface area contributed by atoms with Crippen LogP contribution in [-0.2, 0) is 6.54 Å². The lowest BCUT2D eigenvalue weighted by atomic mass is 10.4. The number of hydrogen-bond donors (Lipinski definition) is 2. The van der Waals surface area contributed by atoms with E-state index in [2.05, 4.69) is 33.5 Å². The molecule has 0 aliphatic heterocycles. The van der Waals surface area contributed by atoms with Gasteiger partial charge in [-0.05, 0) is 34.6 Å². The highest BCUT2D eigenvalue weighted by Gasteiger charge is 1.97. The smallest absolute Gasteiger partial charge is 0.169 e. The average molecular weight is 247 g/mol. The molecule has 0 saturated carbocycles. The largest absolute Gasteiger partial charge is 0.453 e. The summed E-state index contributed by atoms with van der Waals surface area (Å²) < 4.78 is 6.11. The first-order valence-corrected chi connectivity index (χ1v) is 5.28. The SMILES string of the molecule is CCNCCNCc1ccc(Br)o1. The normalized spacial score (nSPS) is 10.6.